The molecular weight excluding hydrogens is 404 g/mol. The SMILES string of the molecule is CN(C)CC=CC(=O)Nc1cccc(Nc2cc(Oc3cccc(C4CC4)c3)ncn2)n1. The quantitative estimate of drug-likeness (QED) is 0.488. The Hall–Kier alpha value is -3.78. The highest BCUT2D eigenvalue weighted by Crippen LogP contribution is 2.41. The lowest BCUT2D eigenvalue weighted by molar-refractivity contribution is -0.111. The van der Waals surface area contributed by atoms with Gasteiger partial charge < -0.3 is 20.3 Å². The molecular formula is C24H26N6O2. The van der Waals surface area contributed by atoms with Crippen molar-refractivity contribution in [3.63, 3.8) is 0 Å². The van der Waals surface area contributed by atoms with Gasteiger partial charge in [0.15, 0.2) is 0 Å². The van der Waals surface area contributed by atoms with Gasteiger partial charge in [-0.3, -0.25) is 4.79 Å². The lowest BCUT2D eigenvalue weighted by Gasteiger charge is -2.09. The number of likely N-dealkylation sites (N-methyl/N-ethyl adjacent to an activating group) is 1. The maximum atomic E-state index is 12.0. The van der Waals surface area contributed by atoms with Gasteiger partial charge in [-0.2, -0.15) is 0 Å². The van der Waals surface area contributed by atoms with E-state index in [1.165, 1.54) is 30.8 Å². The van der Waals surface area contributed by atoms with Crippen molar-refractivity contribution < 1.29 is 9.53 Å². The number of carbonyl (C=O) groups excluding carboxylic acids is 1. The van der Waals surface area contributed by atoms with Crippen LogP contribution >= 0.6 is 0 Å². The maximum absolute atomic E-state index is 12.0. The van der Waals surface area contributed by atoms with Crippen molar-refractivity contribution in [3.05, 3.63) is 72.6 Å². The number of hydrogen-bond donors (Lipinski definition) is 2. The van der Waals surface area contributed by atoms with E-state index in [1.807, 2.05) is 31.1 Å². The summed E-state index contributed by atoms with van der Waals surface area (Å²) in [5, 5.41) is 5.88. The van der Waals surface area contributed by atoms with Gasteiger partial charge >= 0.3 is 0 Å². The first-order valence-corrected chi connectivity index (χ1v) is 10.5. The van der Waals surface area contributed by atoms with Gasteiger partial charge in [0.05, 0.1) is 0 Å². The highest BCUT2D eigenvalue weighted by Gasteiger charge is 2.23. The first-order valence-electron chi connectivity index (χ1n) is 10.5. The van der Waals surface area contributed by atoms with Gasteiger partial charge in [-0.25, -0.2) is 15.0 Å². The molecule has 2 aromatic heterocycles. The summed E-state index contributed by atoms with van der Waals surface area (Å²) in [5.74, 6) is 3.13. The first kappa shape index (κ1) is 21.5. The Morgan fingerprint density at radius 3 is 2.72 bits per heavy atom. The Labute approximate surface area is 187 Å². The average molecular weight is 431 g/mol. The van der Waals surface area contributed by atoms with Crippen LogP contribution in [0, 0.1) is 0 Å². The van der Waals surface area contributed by atoms with E-state index in [0.717, 1.165) is 5.75 Å². The Balaban J connectivity index is 1.39. The highest BCUT2D eigenvalue weighted by atomic mass is 16.5. The third-order valence-electron chi connectivity index (χ3n) is 4.77. The molecule has 2 N–H and O–H groups in total. The molecule has 1 aromatic carbocycles. The Bertz CT molecular complexity index is 1110. The Kier molecular flexibility index (Phi) is 6.72. The van der Waals surface area contributed by atoms with Crippen LogP contribution in [-0.4, -0.2) is 46.4 Å². The summed E-state index contributed by atoms with van der Waals surface area (Å²) in [4.78, 5) is 26.9. The summed E-state index contributed by atoms with van der Waals surface area (Å²) in [5.41, 5.74) is 1.30. The van der Waals surface area contributed by atoms with Crippen molar-refractivity contribution in [2.45, 2.75) is 18.8 Å². The van der Waals surface area contributed by atoms with Gasteiger partial charge in [0.2, 0.25) is 11.8 Å². The highest BCUT2D eigenvalue weighted by molar-refractivity contribution is 5.98. The fraction of sp³-hybridized carbons (Fsp3) is 0.250. The number of amides is 1. The standard InChI is InChI=1S/C24H26N6O2/c1-30(2)13-5-10-23(31)29-21-9-4-8-20(27-21)28-22-15-24(26-16-25-22)32-19-7-3-6-18(14-19)17-11-12-17/h3-10,14-17H,11-13H2,1-2H3,(H2,25,26,27,28,29,31). The minimum atomic E-state index is -0.234. The van der Waals surface area contributed by atoms with Crippen LogP contribution in [-0.2, 0) is 4.79 Å². The molecule has 1 fully saturated rings. The van der Waals surface area contributed by atoms with E-state index < -0.39 is 0 Å². The van der Waals surface area contributed by atoms with E-state index in [1.54, 1.807) is 30.3 Å². The number of ether oxygens (including phenoxy) is 1. The van der Waals surface area contributed by atoms with Gasteiger partial charge in [-0.1, -0.05) is 24.3 Å². The molecule has 8 heteroatoms. The number of pyridine rings is 1. The number of nitrogens with zero attached hydrogens (tertiary/aromatic N) is 4. The summed E-state index contributed by atoms with van der Waals surface area (Å²) in [6.07, 6.45) is 7.20. The number of hydrogen-bond acceptors (Lipinski definition) is 7. The van der Waals surface area contributed by atoms with Crippen molar-refractivity contribution in [2.75, 3.05) is 31.3 Å². The zero-order valence-electron chi connectivity index (χ0n) is 18.2. The molecule has 32 heavy (non-hydrogen) atoms. The second-order valence-electron chi connectivity index (χ2n) is 7.88. The Morgan fingerprint density at radius 2 is 1.91 bits per heavy atom. The summed E-state index contributed by atoms with van der Waals surface area (Å²) in [6, 6.07) is 15.1. The molecule has 0 atom stereocenters. The zero-order valence-corrected chi connectivity index (χ0v) is 18.2. The molecule has 4 rings (SSSR count). The second kappa shape index (κ2) is 10.0. The number of aromatic nitrogens is 3. The van der Waals surface area contributed by atoms with Crippen LogP contribution in [0.5, 0.6) is 11.6 Å². The molecule has 0 spiro atoms. The number of carbonyl (C=O) groups is 1. The van der Waals surface area contributed by atoms with E-state index in [9.17, 15) is 4.79 Å². The normalized spacial score (nSPS) is 13.3. The maximum Gasteiger partial charge on any atom is 0.249 e. The van der Waals surface area contributed by atoms with Gasteiger partial charge in [-0.05, 0) is 62.7 Å². The smallest absolute Gasteiger partial charge is 0.249 e. The van der Waals surface area contributed by atoms with Crippen LogP contribution in [0.15, 0.2) is 67.0 Å². The molecule has 164 valence electrons. The third-order valence-corrected chi connectivity index (χ3v) is 4.77. The predicted octanol–water partition coefficient (Wildman–Crippen LogP) is 4.34. The van der Waals surface area contributed by atoms with Crippen LogP contribution in [0.3, 0.4) is 0 Å². The van der Waals surface area contributed by atoms with Crippen LogP contribution in [0.25, 0.3) is 0 Å². The third kappa shape index (κ3) is 6.36. The van der Waals surface area contributed by atoms with Gasteiger partial charge in [0.25, 0.3) is 0 Å². The lowest BCUT2D eigenvalue weighted by Crippen LogP contribution is -2.13. The molecule has 1 aliphatic carbocycles. The van der Waals surface area contributed by atoms with Crippen molar-refractivity contribution >= 4 is 23.4 Å². The van der Waals surface area contributed by atoms with Crippen molar-refractivity contribution in [2.24, 2.45) is 0 Å². The van der Waals surface area contributed by atoms with Crippen LogP contribution in [0.1, 0.15) is 24.3 Å². The number of rotatable bonds is 9. The minimum absolute atomic E-state index is 0.234. The molecule has 0 aliphatic heterocycles. The summed E-state index contributed by atoms with van der Waals surface area (Å²) in [6.45, 7) is 0.686. The molecule has 1 amide bonds. The Morgan fingerprint density at radius 1 is 1.09 bits per heavy atom. The van der Waals surface area contributed by atoms with Crippen molar-refractivity contribution in [1.82, 2.24) is 19.9 Å². The minimum Gasteiger partial charge on any atom is -0.439 e. The summed E-state index contributed by atoms with van der Waals surface area (Å²) in [7, 11) is 3.88. The lowest BCUT2D eigenvalue weighted by atomic mass is 10.1. The molecule has 0 radical (unpaired) electrons. The number of anilines is 3. The monoisotopic (exact) mass is 430 g/mol. The second-order valence-corrected chi connectivity index (χ2v) is 7.88. The van der Waals surface area contributed by atoms with Crippen molar-refractivity contribution in [3.8, 4) is 11.6 Å². The van der Waals surface area contributed by atoms with Crippen LogP contribution in [0.4, 0.5) is 17.5 Å². The molecule has 1 saturated carbocycles. The molecule has 1 aliphatic rings. The van der Waals surface area contributed by atoms with E-state index in [-0.39, 0.29) is 5.91 Å². The molecule has 0 bridgehead atoms. The molecule has 0 saturated heterocycles. The van der Waals surface area contributed by atoms with E-state index in [0.29, 0.717) is 35.8 Å². The summed E-state index contributed by atoms with van der Waals surface area (Å²) < 4.78 is 5.93. The zero-order chi connectivity index (χ0) is 22.3. The first-order chi connectivity index (χ1) is 15.5. The predicted molar refractivity (Wildman–Crippen MR) is 124 cm³/mol. The average Bonchev–Trinajstić information content (AvgIpc) is 3.60. The van der Waals surface area contributed by atoms with Gasteiger partial charge in [0.1, 0.15) is 29.5 Å². The fourth-order valence-corrected chi connectivity index (χ4v) is 3.08. The topological polar surface area (TPSA) is 92.3 Å². The summed E-state index contributed by atoms with van der Waals surface area (Å²) >= 11 is 0. The molecule has 2 heterocycles. The largest absolute Gasteiger partial charge is 0.439 e. The number of benzene rings is 1. The van der Waals surface area contributed by atoms with Crippen LogP contribution in [0.2, 0.25) is 0 Å². The van der Waals surface area contributed by atoms with Crippen molar-refractivity contribution in [1.29, 1.82) is 0 Å². The number of nitrogens with one attached hydrogen (secondary N) is 2. The van der Waals surface area contributed by atoms with E-state index in [2.05, 4.69) is 37.7 Å². The van der Waals surface area contributed by atoms with Gasteiger partial charge in [-0.15, -0.1) is 0 Å². The molecule has 0 unspecified atom stereocenters. The fourth-order valence-electron chi connectivity index (χ4n) is 3.08. The molecule has 8 nitrogen and oxygen atoms in total. The molecule has 3 aromatic rings. The van der Waals surface area contributed by atoms with Crippen LogP contribution < -0.4 is 15.4 Å². The van der Waals surface area contributed by atoms with Gasteiger partial charge in [0, 0.05) is 18.7 Å². The van der Waals surface area contributed by atoms with E-state index >= 15 is 0 Å². The van der Waals surface area contributed by atoms with E-state index in [4.69, 9.17) is 4.74 Å².